The molecule has 2 heterocycles. The van der Waals surface area contributed by atoms with Crippen LogP contribution < -0.4 is 14.4 Å². The summed E-state index contributed by atoms with van der Waals surface area (Å²) in [6, 6.07) is 12.5. The van der Waals surface area contributed by atoms with Crippen LogP contribution in [0.2, 0.25) is 0 Å². The largest absolute Gasteiger partial charge is 0.497 e. The molecule has 138 valence electrons. The van der Waals surface area contributed by atoms with Crippen LogP contribution in [0.5, 0.6) is 11.5 Å². The Morgan fingerprint density at radius 2 is 1.36 bits per heavy atom. The van der Waals surface area contributed by atoms with E-state index in [9.17, 15) is 14.4 Å². The monoisotopic (exact) mass is 375 g/mol. The number of benzene rings is 2. The summed E-state index contributed by atoms with van der Waals surface area (Å²) in [5.74, 6) is -0.660. The molecule has 4 rings (SSSR count). The number of carbonyl (C=O) groups excluding carboxylic acids is 3. The van der Waals surface area contributed by atoms with Crippen molar-refractivity contribution in [2.75, 3.05) is 12.0 Å². The van der Waals surface area contributed by atoms with Gasteiger partial charge >= 0.3 is 5.97 Å². The molecule has 3 aromatic rings. The molecule has 1 aliphatic heterocycles. The molecule has 0 radical (unpaired) electrons. The minimum atomic E-state index is -0.567. The highest BCUT2D eigenvalue weighted by Crippen LogP contribution is 2.26. The molecular weight excluding hydrogens is 362 g/mol. The third kappa shape index (κ3) is 2.96. The van der Waals surface area contributed by atoms with Crippen LogP contribution >= 0.6 is 0 Å². The number of anilines is 1. The van der Waals surface area contributed by atoms with Crippen LogP contribution in [0.1, 0.15) is 31.3 Å². The summed E-state index contributed by atoms with van der Waals surface area (Å²) in [5, 5.41) is 0. The van der Waals surface area contributed by atoms with Gasteiger partial charge in [-0.2, -0.15) is 0 Å². The quantitative estimate of drug-likeness (QED) is 0.392. The minimum Gasteiger partial charge on any atom is -0.497 e. The van der Waals surface area contributed by atoms with Crippen molar-refractivity contribution >= 4 is 23.5 Å². The number of esters is 1. The number of rotatable bonds is 4. The predicted octanol–water partition coefficient (Wildman–Crippen LogP) is 2.51. The molecule has 0 unspecified atom stereocenters. The van der Waals surface area contributed by atoms with E-state index in [-0.39, 0.29) is 17.0 Å². The molecule has 0 saturated carbocycles. The first-order chi connectivity index (χ1) is 13.6. The second kappa shape index (κ2) is 6.92. The Balaban J connectivity index is 1.52. The number of hydrogen-bond acceptors (Lipinski definition) is 7. The zero-order valence-electron chi connectivity index (χ0n) is 14.7. The molecule has 0 spiro atoms. The SMILES string of the molecule is COc1ccc(OC(=O)c2ccc(N3C(=O)c4nccnc4C3=O)cc2)cc1. The summed E-state index contributed by atoms with van der Waals surface area (Å²) in [6.45, 7) is 0. The van der Waals surface area contributed by atoms with E-state index in [1.807, 2.05) is 0 Å². The summed E-state index contributed by atoms with van der Waals surface area (Å²) < 4.78 is 10.3. The number of methoxy groups -OCH3 is 1. The summed E-state index contributed by atoms with van der Waals surface area (Å²) >= 11 is 0. The van der Waals surface area contributed by atoms with Gasteiger partial charge in [0.15, 0.2) is 11.4 Å². The number of ether oxygens (including phenoxy) is 2. The molecule has 0 saturated heterocycles. The number of amides is 2. The first-order valence-electron chi connectivity index (χ1n) is 8.24. The molecule has 1 aromatic heterocycles. The van der Waals surface area contributed by atoms with Crippen LogP contribution in [-0.2, 0) is 0 Å². The summed E-state index contributed by atoms with van der Waals surface area (Å²) in [4.78, 5) is 45.9. The number of fused-ring (bicyclic) bond motifs is 1. The lowest BCUT2D eigenvalue weighted by Crippen LogP contribution is -2.29. The molecule has 1 aliphatic rings. The normalized spacial score (nSPS) is 12.7. The molecule has 28 heavy (non-hydrogen) atoms. The predicted molar refractivity (Wildman–Crippen MR) is 97.6 cm³/mol. The molecule has 0 fully saturated rings. The topological polar surface area (TPSA) is 98.7 Å². The van der Waals surface area contributed by atoms with E-state index in [0.29, 0.717) is 17.2 Å². The Hall–Kier alpha value is -4.07. The third-order valence-corrected chi connectivity index (χ3v) is 4.14. The molecule has 0 N–H and O–H groups in total. The van der Waals surface area contributed by atoms with Crippen molar-refractivity contribution in [1.29, 1.82) is 0 Å². The average molecular weight is 375 g/mol. The van der Waals surface area contributed by atoms with Crippen molar-refractivity contribution in [1.82, 2.24) is 9.97 Å². The summed E-state index contributed by atoms with van der Waals surface area (Å²) in [5.41, 5.74) is 0.606. The van der Waals surface area contributed by atoms with E-state index in [2.05, 4.69) is 9.97 Å². The maximum absolute atomic E-state index is 12.4. The molecule has 0 atom stereocenters. The van der Waals surface area contributed by atoms with E-state index in [4.69, 9.17) is 9.47 Å². The highest BCUT2D eigenvalue weighted by Gasteiger charge is 2.39. The maximum atomic E-state index is 12.4. The molecule has 0 aliphatic carbocycles. The van der Waals surface area contributed by atoms with Gasteiger partial charge in [0.05, 0.1) is 18.4 Å². The van der Waals surface area contributed by atoms with Crippen LogP contribution in [0.15, 0.2) is 60.9 Å². The van der Waals surface area contributed by atoms with Crippen LogP contribution in [0, 0.1) is 0 Å². The van der Waals surface area contributed by atoms with Gasteiger partial charge in [0.1, 0.15) is 11.5 Å². The molecule has 2 aromatic carbocycles. The van der Waals surface area contributed by atoms with Crippen molar-refractivity contribution < 1.29 is 23.9 Å². The van der Waals surface area contributed by atoms with Gasteiger partial charge in [-0.1, -0.05) is 0 Å². The highest BCUT2D eigenvalue weighted by atomic mass is 16.5. The van der Waals surface area contributed by atoms with Gasteiger partial charge in [0, 0.05) is 12.4 Å². The maximum Gasteiger partial charge on any atom is 0.343 e. The van der Waals surface area contributed by atoms with E-state index < -0.39 is 17.8 Å². The molecule has 0 bridgehead atoms. The van der Waals surface area contributed by atoms with Gasteiger partial charge < -0.3 is 9.47 Å². The standard InChI is InChI=1S/C20H13N3O5/c1-27-14-6-8-15(9-7-14)28-20(26)12-2-4-13(5-3-12)23-18(24)16-17(19(23)25)22-11-10-21-16/h2-11H,1H3. The Morgan fingerprint density at radius 3 is 1.89 bits per heavy atom. The summed E-state index contributed by atoms with van der Waals surface area (Å²) in [6.07, 6.45) is 2.71. The fourth-order valence-corrected chi connectivity index (χ4v) is 2.75. The average Bonchev–Trinajstić information content (AvgIpc) is 2.99. The lowest BCUT2D eigenvalue weighted by atomic mass is 10.2. The van der Waals surface area contributed by atoms with Crippen molar-refractivity contribution in [3.05, 3.63) is 77.9 Å². The summed E-state index contributed by atoms with van der Waals surface area (Å²) in [7, 11) is 1.54. The van der Waals surface area contributed by atoms with Crippen molar-refractivity contribution in [3.63, 3.8) is 0 Å². The fraction of sp³-hybridized carbons (Fsp3) is 0.0500. The van der Waals surface area contributed by atoms with E-state index in [1.165, 1.54) is 36.7 Å². The smallest absolute Gasteiger partial charge is 0.343 e. The van der Waals surface area contributed by atoms with Gasteiger partial charge in [-0.25, -0.2) is 19.7 Å². The van der Waals surface area contributed by atoms with E-state index in [1.54, 1.807) is 31.4 Å². The number of hydrogen-bond donors (Lipinski definition) is 0. The first kappa shape index (κ1) is 17.3. The Labute approximate surface area is 159 Å². The third-order valence-electron chi connectivity index (χ3n) is 4.14. The molecule has 8 heteroatoms. The van der Waals surface area contributed by atoms with Gasteiger partial charge in [0.25, 0.3) is 11.8 Å². The van der Waals surface area contributed by atoms with Crippen LogP contribution in [0.4, 0.5) is 5.69 Å². The second-order valence-corrected chi connectivity index (χ2v) is 5.81. The molecular formula is C20H13N3O5. The minimum absolute atomic E-state index is 0.00971. The molecule has 8 nitrogen and oxygen atoms in total. The number of imide groups is 1. The second-order valence-electron chi connectivity index (χ2n) is 5.81. The van der Waals surface area contributed by atoms with Gasteiger partial charge in [-0.15, -0.1) is 0 Å². The Kier molecular flexibility index (Phi) is 4.29. The van der Waals surface area contributed by atoms with Crippen molar-refractivity contribution in [2.24, 2.45) is 0 Å². The van der Waals surface area contributed by atoms with E-state index >= 15 is 0 Å². The Bertz CT molecular complexity index is 1040. The zero-order chi connectivity index (χ0) is 19.7. The molecule has 2 amide bonds. The highest BCUT2D eigenvalue weighted by molar-refractivity contribution is 6.33. The van der Waals surface area contributed by atoms with Crippen LogP contribution in [0.3, 0.4) is 0 Å². The lowest BCUT2D eigenvalue weighted by molar-refractivity contribution is 0.0734. The van der Waals surface area contributed by atoms with Crippen LogP contribution in [-0.4, -0.2) is 34.9 Å². The number of carbonyl (C=O) groups is 3. The Morgan fingerprint density at radius 1 is 0.821 bits per heavy atom. The van der Waals surface area contributed by atoms with Gasteiger partial charge in [-0.3, -0.25) is 9.59 Å². The van der Waals surface area contributed by atoms with Gasteiger partial charge in [-0.05, 0) is 48.5 Å². The van der Waals surface area contributed by atoms with Crippen molar-refractivity contribution in [2.45, 2.75) is 0 Å². The van der Waals surface area contributed by atoms with Crippen LogP contribution in [0.25, 0.3) is 0 Å². The van der Waals surface area contributed by atoms with E-state index in [0.717, 1.165) is 4.90 Å². The lowest BCUT2D eigenvalue weighted by Gasteiger charge is -2.13. The fourth-order valence-electron chi connectivity index (χ4n) is 2.75. The van der Waals surface area contributed by atoms with Gasteiger partial charge in [0.2, 0.25) is 0 Å². The van der Waals surface area contributed by atoms with Crippen molar-refractivity contribution in [3.8, 4) is 11.5 Å². The number of aromatic nitrogens is 2. The first-order valence-corrected chi connectivity index (χ1v) is 8.24. The zero-order valence-corrected chi connectivity index (χ0v) is 14.7. The number of nitrogens with zero attached hydrogens (tertiary/aromatic N) is 3.